The number of unbranched alkanes of at least 4 members (excludes halogenated alkanes) is 2. The molecule has 5 atom stereocenters. The normalized spacial score (nSPS) is 43.8. The first-order valence-corrected chi connectivity index (χ1v) is 9.70. The maximum absolute atomic E-state index is 11.8. The Morgan fingerprint density at radius 2 is 1.95 bits per heavy atom. The molecule has 2 fully saturated rings. The molecule has 3 aliphatic carbocycles. The highest BCUT2D eigenvalue weighted by atomic mass is 16.3. The molecule has 0 aliphatic heterocycles. The van der Waals surface area contributed by atoms with Gasteiger partial charge in [0.05, 0.1) is 11.7 Å². The lowest BCUT2D eigenvalue weighted by atomic mass is 9.66. The summed E-state index contributed by atoms with van der Waals surface area (Å²) in [6.45, 7) is 4.42. The van der Waals surface area contributed by atoms with Gasteiger partial charge in [-0.1, -0.05) is 51.2 Å². The van der Waals surface area contributed by atoms with Gasteiger partial charge in [-0.3, -0.25) is 0 Å². The van der Waals surface area contributed by atoms with E-state index in [1.807, 2.05) is 0 Å². The zero-order valence-corrected chi connectivity index (χ0v) is 14.5. The molecule has 2 saturated carbocycles. The highest BCUT2D eigenvalue weighted by molar-refractivity contribution is 5.33. The van der Waals surface area contributed by atoms with Gasteiger partial charge in [0.2, 0.25) is 0 Å². The zero-order chi connectivity index (χ0) is 15.8. The summed E-state index contributed by atoms with van der Waals surface area (Å²) in [5.41, 5.74) is 0.867. The number of aliphatic hydroxyl groups is 2. The van der Waals surface area contributed by atoms with Gasteiger partial charge in [0, 0.05) is 17.3 Å². The summed E-state index contributed by atoms with van der Waals surface area (Å²) in [6.07, 6.45) is 14.2. The number of fused-ring (bicyclic) bond motifs is 1. The van der Waals surface area contributed by atoms with Gasteiger partial charge >= 0.3 is 0 Å². The van der Waals surface area contributed by atoms with Crippen molar-refractivity contribution in [1.29, 1.82) is 0 Å². The first-order chi connectivity index (χ1) is 10.6. The summed E-state index contributed by atoms with van der Waals surface area (Å²) in [4.78, 5) is 0. The molecule has 0 unspecified atom stereocenters. The molecule has 126 valence electrons. The lowest BCUT2D eigenvalue weighted by Gasteiger charge is -2.44. The van der Waals surface area contributed by atoms with E-state index in [9.17, 15) is 10.2 Å². The molecule has 0 aromatic rings. The summed E-state index contributed by atoms with van der Waals surface area (Å²) in [6, 6.07) is 0. The summed E-state index contributed by atoms with van der Waals surface area (Å²) >= 11 is 0. The summed E-state index contributed by atoms with van der Waals surface area (Å²) in [5, 5.41) is 22.8. The smallest absolute Gasteiger partial charge is 0.0793 e. The zero-order valence-electron chi connectivity index (χ0n) is 14.5. The molecule has 0 radical (unpaired) electrons. The molecule has 2 heteroatoms. The molecule has 3 aliphatic rings. The number of hydrogen-bond acceptors (Lipinski definition) is 2. The third-order valence-electron chi connectivity index (χ3n) is 7.06. The van der Waals surface area contributed by atoms with Crippen LogP contribution in [0.3, 0.4) is 0 Å². The van der Waals surface area contributed by atoms with E-state index in [-0.39, 0.29) is 23.4 Å². The highest BCUT2D eigenvalue weighted by Gasteiger charge is 2.64. The van der Waals surface area contributed by atoms with Crippen LogP contribution in [0.15, 0.2) is 11.6 Å². The second-order valence-electron chi connectivity index (χ2n) is 8.10. The predicted octanol–water partition coefficient (Wildman–Crippen LogP) is 4.60. The molecular weight excluding hydrogens is 272 g/mol. The van der Waals surface area contributed by atoms with Crippen LogP contribution in [0, 0.1) is 17.3 Å². The maximum atomic E-state index is 11.8. The monoisotopic (exact) mass is 306 g/mol. The highest BCUT2D eigenvalue weighted by Crippen LogP contribution is 2.65. The van der Waals surface area contributed by atoms with Crippen molar-refractivity contribution in [2.45, 2.75) is 96.2 Å². The summed E-state index contributed by atoms with van der Waals surface area (Å²) < 4.78 is 0. The van der Waals surface area contributed by atoms with E-state index in [0.717, 1.165) is 51.4 Å². The molecule has 2 N–H and O–H groups in total. The Hall–Kier alpha value is -0.340. The first kappa shape index (κ1) is 16.5. The molecule has 0 heterocycles. The van der Waals surface area contributed by atoms with E-state index >= 15 is 0 Å². The van der Waals surface area contributed by atoms with Crippen LogP contribution in [0.25, 0.3) is 0 Å². The summed E-state index contributed by atoms with van der Waals surface area (Å²) in [7, 11) is 0. The Morgan fingerprint density at radius 3 is 2.68 bits per heavy atom. The Balaban J connectivity index is 1.97. The molecule has 2 bridgehead atoms. The van der Waals surface area contributed by atoms with Gasteiger partial charge in [0.25, 0.3) is 0 Å². The van der Waals surface area contributed by atoms with Crippen molar-refractivity contribution in [2.24, 2.45) is 17.3 Å². The molecule has 3 rings (SSSR count). The third-order valence-corrected chi connectivity index (χ3v) is 7.06. The van der Waals surface area contributed by atoms with Gasteiger partial charge in [0.1, 0.15) is 0 Å². The Bertz CT molecular complexity index is 429. The van der Waals surface area contributed by atoms with Crippen molar-refractivity contribution in [1.82, 2.24) is 0 Å². The van der Waals surface area contributed by atoms with E-state index in [2.05, 4.69) is 19.9 Å². The topological polar surface area (TPSA) is 40.5 Å². The summed E-state index contributed by atoms with van der Waals surface area (Å²) in [5.74, 6) is 0.362. The van der Waals surface area contributed by atoms with Gasteiger partial charge in [0.15, 0.2) is 0 Å². The van der Waals surface area contributed by atoms with E-state index in [1.165, 1.54) is 24.8 Å². The van der Waals surface area contributed by atoms with Crippen LogP contribution < -0.4 is 0 Å². The average Bonchev–Trinajstić information content (AvgIpc) is 3.02. The Labute approximate surface area is 136 Å². The fourth-order valence-corrected chi connectivity index (χ4v) is 5.89. The minimum atomic E-state index is -0.647. The van der Waals surface area contributed by atoms with Crippen molar-refractivity contribution in [2.75, 3.05) is 0 Å². The largest absolute Gasteiger partial charge is 0.392 e. The quantitative estimate of drug-likeness (QED) is 0.704. The lowest BCUT2D eigenvalue weighted by Crippen LogP contribution is -2.50. The molecule has 1 spiro atoms. The van der Waals surface area contributed by atoms with Crippen molar-refractivity contribution in [3.05, 3.63) is 11.6 Å². The average molecular weight is 306 g/mol. The van der Waals surface area contributed by atoms with Crippen molar-refractivity contribution < 1.29 is 10.2 Å². The van der Waals surface area contributed by atoms with E-state index in [1.54, 1.807) is 0 Å². The van der Waals surface area contributed by atoms with Crippen molar-refractivity contribution in [3.8, 4) is 0 Å². The van der Waals surface area contributed by atoms with Crippen LogP contribution in [-0.2, 0) is 0 Å². The fourth-order valence-electron chi connectivity index (χ4n) is 5.89. The van der Waals surface area contributed by atoms with E-state index in [0.29, 0.717) is 0 Å². The van der Waals surface area contributed by atoms with Gasteiger partial charge in [-0.05, 0) is 44.9 Å². The molecule has 2 nitrogen and oxygen atoms in total. The maximum Gasteiger partial charge on any atom is 0.0793 e. The van der Waals surface area contributed by atoms with Crippen LogP contribution in [0.2, 0.25) is 0 Å². The molecule has 0 amide bonds. The standard InChI is InChI=1S/C20H34O2/c1-3-5-8-15-14-16-9-7-11-19(16)13-10-17(18(15)21)20(19,22)12-6-4-2/h14-15,17-18,21-22H,3-13H2,1-2H3/t15-,17-,18-,19+,20+/m0/s1. The van der Waals surface area contributed by atoms with E-state index < -0.39 is 5.60 Å². The minimum Gasteiger partial charge on any atom is -0.392 e. The Morgan fingerprint density at radius 1 is 1.18 bits per heavy atom. The van der Waals surface area contributed by atoms with Gasteiger partial charge < -0.3 is 10.2 Å². The second kappa shape index (κ2) is 6.28. The van der Waals surface area contributed by atoms with Crippen molar-refractivity contribution >= 4 is 0 Å². The molecule has 0 aromatic carbocycles. The van der Waals surface area contributed by atoms with Gasteiger partial charge in [-0.25, -0.2) is 0 Å². The molecule has 0 aromatic heterocycles. The molecular formula is C20H34O2. The molecule has 0 saturated heterocycles. The van der Waals surface area contributed by atoms with Crippen LogP contribution >= 0.6 is 0 Å². The Kier molecular flexibility index (Phi) is 4.71. The van der Waals surface area contributed by atoms with E-state index in [4.69, 9.17) is 0 Å². The van der Waals surface area contributed by atoms with Gasteiger partial charge in [-0.2, -0.15) is 0 Å². The number of rotatable bonds is 6. The number of hydrogen-bond donors (Lipinski definition) is 2. The lowest BCUT2D eigenvalue weighted by molar-refractivity contribution is -0.114. The SMILES string of the molecule is CCCC[C@H]1C=C2CCC[C@@]23CC[C@@H]([C@H]1O)[C@]3(O)CCCC. The fraction of sp³-hybridized carbons (Fsp3) is 0.900. The first-order valence-electron chi connectivity index (χ1n) is 9.70. The van der Waals surface area contributed by atoms with Gasteiger partial charge in [-0.15, -0.1) is 0 Å². The minimum absolute atomic E-state index is 0.00871. The number of aliphatic hydroxyl groups excluding tert-OH is 1. The molecule has 22 heavy (non-hydrogen) atoms. The van der Waals surface area contributed by atoms with Crippen LogP contribution in [0.5, 0.6) is 0 Å². The van der Waals surface area contributed by atoms with Crippen molar-refractivity contribution in [3.63, 3.8) is 0 Å². The van der Waals surface area contributed by atoms with Crippen LogP contribution in [-0.4, -0.2) is 21.9 Å². The van der Waals surface area contributed by atoms with Crippen LogP contribution in [0.1, 0.15) is 84.5 Å². The second-order valence-corrected chi connectivity index (χ2v) is 8.10. The predicted molar refractivity (Wildman–Crippen MR) is 90.6 cm³/mol. The van der Waals surface area contributed by atoms with Crippen LogP contribution in [0.4, 0.5) is 0 Å². The third kappa shape index (κ3) is 2.29.